The standard InChI is InChI=1S/C33H33ClF2N6O5S/c1-7-21(44)40-11-17(6)41-18(12-40)13-48(46,47)31-24-29(25(34)23(26(31)36)22-19(35)9-8-10-20(22)43)42(33(45)39-32(24)41)30-27(15(2)3)37-14-38-28(30)16(4)5/h7-10,14-18,43H,1,11-13H2,2-6H3. The highest BCUT2D eigenvalue weighted by atomic mass is 35.5. The van der Waals surface area contributed by atoms with Gasteiger partial charge in [-0.05, 0) is 37.0 Å². The summed E-state index contributed by atoms with van der Waals surface area (Å²) in [5.41, 5.74) is -1.58. The molecule has 1 saturated heterocycles. The van der Waals surface area contributed by atoms with Crippen molar-refractivity contribution in [2.45, 2.75) is 63.4 Å². The minimum Gasteiger partial charge on any atom is -0.507 e. The third-order valence-electron chi connectivity index (χ3n) is 8.83. The van der Waals surface area contributed by atoms with Gasteiger partial charge in [-0.3, -0.25) is 9.36 Å². The van der Waals surface area contributed by atoms with Crippen LogP contribution in [0.3, 0.4) is 0 Å². The molecule has 2 aliphatic heterocycles. The van der Waals surface area contributed by atoms with E-state index in [1.807, 2.05) is 27.7 Å². The van der Waals surface area contributed by atoms with Gasteiger partial charge in [-0.1, -0.05) is 51.9 Å². The smallest absolute Gasteiger partial charge is 0.354 e. The number of benzene rings is 2. The fraction of sp³-hybridized carbons (Fsp3) is 0.364. The molecule has 0 saturated carbocycles. The van der Waals surface area contributed by atoms with Crippen molar-refractivity contribution in [2.24, 2.45) is 0 Å². The van der Waals surface area contributed by atoms with E-state index in [-0.39, 0.29) is 47.3 Å². The number of aromatic hydroxyl groups is 1. The number of amides is 1. The SMILES string of the molecule is C=CC(=O)N1CC(C)N2c3nc(=O)n(-c4c(C(C)C)ncnc4C(C)C)c4c(Cl)c(-c5c(O)cccc5F)c(F)c(c34)S(=O)(=O)CC2C1. The Hall–Kier alpha value is -4.43. The summed E-state index contributed by atoms with van der Waals surface area (Å²) in [4.78, 5) is 42.6. The number of sulfone groups is 1. The number of halogens is 3. The zero-order valence-corrected chi connectivity index (χ0v) is 28.4. The van der Waals surface area contributed by atoms with Crippen LogP contribution in [0.5, 0.6) is 5.75 Å². The van der Waals surface area contributed by atoms with Crippen LogP contribution in [-0.2, 0) is 14.6 Å². The molecular formula is C33H33ClF2N6O5S. The number of aromatic nitrogens is 4. The summed E-state index contributed by atoms with van der Waals surface area (Å²) in [7, 11) is -4.63. The van der Waals surface area contributed by atoms with Gasteiger partial charge in [-0.25, -0.2) is 32.0 Å². The molecule has 15 heteroatoms. The van der Waals surface area contributed by atoms with Crippen LogP contribution < -0.4 is 10.6 Å². The Bertz CT molecular complexity index is 2160. The van der Waals surface area contributed by atoms with Crippen molar-refractivity contribution < 1.29 is 27.1 Å². The second kappa shape index (κ2) is 11.9. The number of piperazine rings is 1. The molecule has 252 valence electrons. The highest BCUT2D eigenvalue weighted by Crippen LogP contribution is 2.49. The molecule has 4 heterocycles. The molecule has 0 spiro atoms. The number of phenols is 1. The van der Waals surface area contributed by atoms with E-state index in [4.69, 9.17) is 11.6 Å². The Morgan fingerprint density at radius 1 is 1.10 bits per heavy atom. The van der Waals surface area contributed by atoms with Crippen LogP contribution in [0.4, 0.5) is 14.6 Å². The number of hydrogen-bond acceptors (Lipinski definition) is 9. The molecule has 2 unspecified atom stereocenters. The number of rotatable bonds is 5. The summed E-state index contributed by atoms with van der Waals surface area (Å²) in [5.74, 6) is -5.00. The monoisotopic (exact) mass is 698 g/mol. The molecule has 1 amide bonds. The van der Waals surface area contributed by atoms with Gasteiger partial charge in [0.2, 0.25) is 5.91 Å². The summed E-state index contributed by atoms with van der Waals surface area (Å²) in [6.45, 7) is 12.7. The van der Waals surface area contributed by atoms with Crippen molar-refractivity contribution in [3.63, 3.8) is 0 Å². The van der Waals surface area contributed by atoms with Crippen LogP contribution in [0.25, 0.3) is 27.7 Å². The zero-order chi connectivity index (χ0) is 35.0. The molecule has 2 aromatic heterocycles. The average Bonchev–Trinajstić information content (AvgIpc) is 3.11. The largest absolute Gasteiger partial charge is 0.507 e. The van der Waals surface area contributed by atoms with E-state index in [1.165, 1.54) is 17.3 Å². The Morgan fingerprint density at radius 2 is 1.75 bits per heavy atom. The van der Waals surface area contributed by atoms with Crippen LogP contribution in [0.15, 0.2) is 46.9 Å². The molecule has 1 N–H and O–H groups in total. The van der Waals surface area contributed by atoms with Gasteiger partial charge >= 0.3 is 5.69 Å². The van der Waals surface area contributed by atoms with Gasteiger partial charge in [0, 0.05) is 24.7 Å². The highest BCUT2D eigenvalue weighted by Gasteiger charge is 2.45. The molecule has 2 atom stereocenters. The van der Waals surface area contributed by atoms with E-state index in [2.05, 4.69) is 21.5 Å². The fourth-order valence-electron chi connectivity index (χ4n) is 6.86. The predicted octanol–water partition coefficient (Wildman–Crippen LogP) is 5.11. The molecule has 2 aliphatic rings. The molecule has 0 aliphatic carbocycles. The van der Waals surface area contributed by atoms with Crippen molar-refractivity contribution in [2.75, 3.05) is 23.7 Å². The summed E-state index contributed by atoms with van der Waals surface area (Å²) in [5, 5.41) is 9.98. The lowest BCUT2D eigenvalue weighted by Gasteiger charge is -2.45. The maximum Gasteiger partial charge on any atom is 0.354 e. The number of phenolic OH excluding ortho intramolecular Hbond substituents is 1. The number of hydrogen-bond donors (Lipinski definition) is 1. The second-order valence-electron chi connectivity index (χ2n) is 12.7. The van der Waals surface area contributed by atoms with Crippen molar-refractivity contribution in [1.82, 2.24) is 24.4 Å². The van der Waals surface area contributed by atoms with Gasteiger partial charge in [0.05, 0.1) is 50.4 Å². The lowest BCUT2D eigenvalue weighted by molar-refractivity contribution is -0.127. The molecule has 48 heavy (non-hydrogen) atoms. The van der Waals surface area contributed by atoms with Crippen LogP contribution in [0, 0.1) is 11.6 Å². The Morgan fingerprint density at radius 3 is 2.33 bits per heavy atom. The minimum absolute atomic E-state index is 0.0908. The molecule has 0 bridgehead atoms. The first kappa shape index (κ1) is 33.5. The molecule has 1 fully saturated rings. The van der Waals surface area contributed by atoms with Gasteiger partial charge in [-0.15, -0.1) is 0 Å². The van der Waals surface area contributed by atoms with Crippen LogP contribution in [-0.4, -0.2) is 74.8 Å². The number of nitrogens with zero attached hydrogens (tertiary/aromatic N) is 6. The number of fused-ring (bicyclic) bond motifs is 2. The first-order valence-electron chi connectivity index (χ1n) is 15.3. The topological polar surface area (TPSA) is 139 Å². The van der Waals surface area contributed by atoms with E-state index in [9.17, 15) is 23.1 Å². The summed E-state index contributed by atoms with van der Waals surface area (Å²) in [6, 6.07) is 1.74. The number of carbonyl (C=O) groups is 1. The Balaban J connectivity index is 1.87. The van der Waals surface area contributed by atoms with Crippen LogP contribution in [0.2, 0.25) is 5.02 Å². The number of anilines is 1. The maximum atomic E-state index is 17.1. The first-order valence-corrected chi connectivity index (χ1v) is 17.4. The molecule has 2 aromatic carbocycles. The summed E-state index contributed by atoms with van der Waals surface area (Å²) in [6.07, 6.45) is 2.47. The van der Waals surface area contributed by atoms with Crippen molar-refractivity contribution in [3.8, 4) is 22.6 Å². The van der Waals surface area contributed by atoms with E-state index in [0.717, 1.165) is 22.8 Å². The van der Waals surface area contributed by atoms with Gasteiger partial charge in [0.25, 0.3) is 0 Å². The van der Waals surface area contributed by atoms with Crippen LogP contribution in [0.1, 0.15) is 57.8 Å². The van der Waals surface area contributed by atoms with Crippen molar-refractivity contribution in [3.05, 3.63) is 75.7 Å². The predicted molar refractivity (Wildman–Crippen MR) is 178 cm³/mol. The maximum absolute atomic E-state index is 17.1. The molecular weight excluding hydrogens is 666 g/mol. The molecule has 0 radical (unpaired) electrons. The van der Waals surface area contributed by atoms with E-state index in [1.54, 1.807) is 11.8 Å². The van der Waals surface area contributed by atoms with Gasteiger partial charge in [0.15, 0.2) is 15.7 Å². The Labute approximate surface area is 280 Å². The third kappa shape index (κ3) is 5.04. The van der Waals surface area contributed by atoms with Crippen molar-refractivity contribution >= 4 is 44.1 Å². The first-order chi connectivity index (χ1) is 22.6. The normalized spacial score (nSPS) is 18.7. The highest BCUT2D eigenvalue weighted by molar-refractivity contribution is 7.91. The summed E-state index contributed by atoms with van der Waals surface area (Å²) >= 11 is 7.06. The Kier molecular flexibility index (Phi) is 8.31. The molecule has 4 aromatic rings. The van der Waals surface area contributed by atoms with E-state index in [0.29, 0.717) is 11.4 Å². The molecule has 11 nitrogen and oxygen atoms in total. The third-order valence-corrected chi connectivity index (χ3v) is 11.0. The van der Waals surface area contributed by atoms with Crippen molar-refractivity contribution in [1.29, 1.82) is 0 Å². The summed E-state index contributed by atoms with van der Waals surface area (Å²) < 4.78 is 62.5. The van der Waals surface area contributed by atoms with Crippen LogP contribution >= 0.6 is 11.6 Å². The van der Waals surface area contributed by atoms with Gasteiger partial charge in [0.1, 0.15) is 28.6 Å². The fourth-order valence-corrected chi connectivity index (χ4v) is 9.03. The second-order valence-corrected chi connectivity index (χ2v) is 15.0. The lowest BCUT2D eigenvalue weighted by Crippen LogP contribution is -2.61. The quantitative estimate of drug-likeness (QED) is 0.282. The molecule has 6 rings (SSSR count). The van der Waals surface area contributed by atoms with E-state index >= 15 is 8.78 Å². The zero-order valence-electron chi connectivity index (χ0n) is 26.8. The average molecular weight is 699 g/mol. The van der Waals surface area contributed by atoms with Gasteiger partial charge < -0.3 is 14.9 Å². The van der Waals surface area contributed by atoms with E-state index < -0.39 is 77.7 Å². The number of carbonyl (C=O) groups excluding carboxylic acids is 1. The van der Waals surface area contributed by atoms with Gasteiger partial charge in [-0.2, -0.15) is 4.98 Å². The lowest BCUT2D eigenvalue weighted by atomic mass is 9.98. The minimum atomic E-state index is -4.63.